The summed E-state index contributed by atoms with van der Waals surface area (Å²) in [7, 11) is 1.64. The molecule has 2 N–H and O–H groups in total. The second kappa shape index (κ2) is 10.9. The van der Waals surface area contributed by atoms with Gasteiger partial charge in [-0.1, -0.05) is 32.0 Å². The van der Waals surface area contributed by atoms with Gasteiger partial charge in [0, 0.05) is 56.4 Å². The first kappa shape index (κ1) is 24.7. The molecule has 2 aromatic rings. The molecule has 7 nitrogen and oxygen atoms in total. The van der Waals surface area contributed by atoms with Crippen molar-refractivity contribution in [2.45, 2.75) is 39.7 Å². The molecule has 2 aliphatic rings. The summed E-state index contributed by atoms with van der Waals surface area (Å²) in [4.78, 5) is 34.2. The van der Waals surface area contributed by atoms with Gasteiger partial charge >= 0.3 is 0 Å². The molecule has 7 heteroatoms. The third kappa shape index (κ3) is 5.30. The predicted molar refractivity (Wildman–Crippen MR) is 140 cm³/mol. The molecule has 0 fully saturated rings. The van der Waals surface area contributed by atoms with Crippen LogP contribution in [0.2, 0.25) is 0 Å². The number of ether oxygens (including phenoxy) is 1. The fraction of sp³-hybridized carbons (Fsp3) is 0.393. The average Bonchev–Trinajstić information content (AvgIpc) is 3.06. The van der Waals surface area contributed by atoms with Gasteiger partial charge in [0.1, 0.15) is 5.84 Å². The smallest absolute Gasteiger partial charge is 0.254 e. The first-order chi connectivity index (χ1) is 16.9. The van der Waals surface area contributed by atoms with Crippen molar-refractivity contribution < 1.29 is 14.3 Å². The van der Waals surface area contributed by atoms with Crippen LogP contribution in [0, 0.1) is 0 Å². The quantitative estimate of drug-likeness (QED) is 0.584. The maximum Gasteiger partial charge on any atom is 0.254 e. The zero-order valence-corrected chi connectivity index (χ0v) is 20.8. The minimum absolute atomic E-state index is 0.0325. The number of methoxy groups -OCH3 is 1. The lowest BCUT2D eigenvalue weighted by Crippen LogP contribution is -2.34. The number of amides is 2. The highest BCUT2D eigenvalue weighted by Gasteiger charge is 2.27. The highest BCUT2D eigenvalue weighted by Crippen LogP contribution is 2.34. The van der Waals surface area contributed by atoms with Gasteiger partial charge in [0.2, 0.25) is 5.91 Å². The van der Waals surface area contributed by atoms with E-state index in [1.54, 1.807) is 7.11 Å². The molecule has 0 aromatic heterocycles. The Hall–Kier alpha value is -3.45. The molecule has 4 rings (SSSR count). The third-order valence-electron chi connectivity index (χ3n) is 6.43. The van der Waals surface area contributed by atoms with E-state index in [-0.39, 0.29) is 11.8 Å². The number of hydrogen-bond donors (Lipinski definition) is 1. The third-order valence-corrected chi connectivity index (χ3v) is 6.43. The molecule has 2 aliphatic heterocycles. The van der Waals surface area contributed by atoms with Crippen LogP contribution in [-0.4, -0.2) is 60.8 Å². The Morgan fingerprint density at radius 3 is 2.54 bits per heavy atom. The zero-order valence-electron chi connectivity index (χ0n) is 20.8. The van der Waals surface area contributed by atoms with E-state index in [0.29, 0.717) is 37.5 Å². The lowest BCUT2D eigenvalue weighted by atomic mass is 9.98. The Balaban J connectivity index is 1.62. The standard InChI is InChI=1S/C28H34N4O3/c1-4-10-31(11-5-2)27(33)22-15-21-7-6-20(16-25(21)30-26(29)17-22)19-8-9-24-23(14-19)18-32(28(24)34)12-13-35-3/h6-9,14-16H,4-5,10-13,17-18H2,1-3H3,(H2,29,30). The molecule has 2 amide bonds. The van der Waals surface area contributed by atoms with Crippen LogP contribution in [0.5, 0.6) is 0 Å². The van der Waals surface area contributed by atoms with Gasteiger partial charge in [-0.25, -0.2) is 4.99 Å². The summed E-state index contributed by atoms with van der Waals surface area (Å²) >= 11 is 0. The van der Waals surface area contributed by atoms with Gasteiger partial charge < -0.3 is 20.3 Å². The molecule has 0 atom stereocenters. The van der Waals surface area contributed by atoms with Gasteiger partial charge in [0.05, 0.1) is 12.3 Å². The van der Waals surface area contributed by atoms with E-state index in [4.69, 9.17) is 10.5 Å². The summed E-state index contributed by atoms with van der Waals surface area (Å²) in [5, 5.41) is 0. The van der Waals surface area contributed by atoms with Gasteiger partial charge in [-0.15, -0.1) is 0 Å². The molecule has 2 heterocycles. The van der Waals surface area contributed by atoms with Crippen LogP contribution in [0.3, 0.4) is 0 Å². The van der Waals surface area contributed by atoms with Gasteiger partial charge in [0.25, 0.3) is 5.91 Å². The number of nitrogens with two attached hydrogens (primary N) is 1. The summed E-state index contributed by atoms with van der Waals surface area (Å²) in [5.41, 5.74) is 12.3. The molecular weight excluding hydrogens is 440 g/mol. The van der Waals surface area contributed by atoms with Crippen LogP contribution >= 0.6 is 0 Å². The van der Waals surface area contributed by atoms with Gasteiger partial charge in [0.15, 0.2) is 0 Å². The molecular formula is C28H34N4O3. The van der Waals surface area contributed by atoms with Gasteiger partial charge in [-0.2, -0.15) is 0 Å². The minimum atomic E-state index is 0.0325. The number of carbonyl (C=O) groups is 2. The second-order valence-electron chi connectivity index (χ2n) is 9.11. The van der Waals surface area contributed by atoms with Crippen molar-refractivity contribution in [3.8, 4) is 11.1 Å². The molecule has 2 aromatic carbocycles. The Labute approximate surface area is 207 Å². The van der Waals surface area contributed by atoms with Gasteiger partial charge in [-0.3, -0.25) is 9.59 Å². The van der Waals surface area contributed by atoms with Crippen LogP contribution in [-0.2, 0) is 16.1 Å². The zero-order chi connectivity index (χ0) is 24.9. The van der Waals surface area contributed by atoms with E-state index in [9.17, 15) is 9.59 Å². The summed E-state index contributed by atoms with van der Waals surface area (Å²) in [6, 6.07) is 12.0. The lowest BCUT2D eigenvalue weighted by molar-refractivity contribution is -0.127. The van der Waals surface area contributed by atoms with Crippen LogP contribution < -0.4 is 5.73 Å². The van der Waals surface area contributed by atoms with Crippen molar-refractivity contribution in [3.63, 3.8) is 0 Å². The number of rotatable bonds is 9. The summed E-state index contributed by atoms with van der Waals surface area (Å²) in [6.07, 6.45) is 4.10. The molecule has 0 saturated heterocycles. The van der Waals surface area contributed by atoms with E-state index in [0.717, 1.165) is 59.4 Å². The highest BCUT2D eigenvalue weighted by molar-refractivity contribution is 6.05. The van der Waals surface area contributed by atoms with E-state index >= 15 is 0 Å². The molecule has 0 bridgehead atoms. The largest absolute Gasteiger partial charge is 0.387 e. The van der Waals surface area contributed by atoms with Gasteiger partial charge in [-0.05, 0) is 53.8 Å². The van der Waals surface area contributed by atoms with Crippen LogP contribution in [0.1, 0.15) is 54.6 Å². The highest BCUT2D eigenvalue weighted by atomic mass is 16.5. The topological polar surface area (TPSA) is 88.2 Å². The number of benzene rings is 2. The average molecular weight is 475 g/mol. The molecule has 0 saturated carbocycles. The lowest BCUT2D eigenvalue weighted by Gasteiger charge is -2.22. The SMILES string of the molecule is CCCN(CCC)C(=O)C1=Cc2ccc(-c3ccc4c(c3)CN(CCOC)C4=O)cc2N=C(N)C1. The van der Waals surface area contributed by atoms with Crippen molar-refractivity contribution in [1.29, 1.82) is 0 Å². The van der Waals surface area contributed by atoms with E-state index in [1.165, 1.54) is 0 Å². The molecule has 35 heavy (non-hydrogen) atoms. The number of amidine groups is 1. The monoisotopic (exact) mass is 474 g/mol. The molecule has 0 aliphatic carbocycles. The summed E-state index contributed by atoms with van der Waals surface area (Å²) in [5.74, 6) is 0.511. The minimum Gasteiger partial charge on any atom is -0.387 e. The maximum atomic E-state index is 13.2. The van der Waals surface area contributed by atoms with Crippen molar-refractivity contribution in [2.24, 2.45) is 10.7 Å². The Morgan fingerprint density at radius 2 is 1.83 bits per heavy atom. The summed E-state index contributed by atoms with van der Waals surface area (Å²) in [6.45, 7) is 7.30. The second-order valence-corrected chi connectivity index (χ2v) is 9.11. The Kier molecular flexibility index (Phi) is 7.66. The first-order valence-electron chi connectivity index (χ1n) is 12.3. The number of hydrogen-bond acceptors (Lipinski definition) is 5. The molecule has 184 valence electrons. The predicted octanol–water partition coefficient (Wildman–Crippen LogP) is 4.38. The van der Waals surface area contributed by atoms with E-state index in [2.05, 4.69) is 24.9 Å². The molecule has 0 unspecified atom stereocenters. The van der Waals surface area contributed by atoms with Crippen molar-refractivity contribution >= 4 is 29.4 Å². The van der Waals surface area contributed by atoms with E-state index < -0.39 is 0 Å². The van der Waals surface area contributed by atoms with Crippen molar-refractivity contribution in [1.82, 2.24) is 9.80 Å². The summed E-state index contributed by atoms with van der Waals surface area (Å²) < 4.78 is 5.13. The molecule has 0 spiro atoms. The fourth-order valence-electron chi connectivity index (χ4n) is 4.71. The van der Waals surface area contributed by atoms with Crippen LogP contribution in [0.15, 0.2) is 47.0 Å². The number of nitrogens with zero attached hydrogens (tertiary/aromatic N) is 3. The van der Waals surface area contributed by atoms with Crippen molar-refractivity contribution in [2.75, 3.05) is 33.4 Å². The normalized spacial score (nSPS) is 14.7. The molecule has 0 radical (unpaired) electrons. The van der Waals surface area contributed by atoms with Crippen molar-refractivity contribution in [3.05, 3.63) is 58.7 Å². The number of fused-ring (bicyclic) bond motifs is 2. The van der Waals surface area contributed by atoms with Crippen LogP contribution in [0.25, 0.3) is 17.2 Å². The van der Waals surface area contributed by atoms with Crippen LogP contribution in [0.4, 0.5) is 5.69 Å². The Bertz CT molecular complexity index is 1180. The first-order valence-corrected chi connectivity index (χ1v) is 12.3. The maximum absolute atomic E-state index is 13.2. The number of aliphatic imine (C=N–C) groups is 1. The van der Waals surface area contributed by atoms with E-state index in [1.807, 2.05) is 46.2 Å². The fourth-order valence-corrected chi connectivity index (χ4v) is 4.71. The number of carbonyl (C=O) groups excluding carboxylic acids is 2. The Morgan fingerprint density at radius 1 is 1.11 bits per heavy atom.